The van der Waals surface area contributed by atoms with E-state index in [0.717, 1.165) is 35.1 Å². The maximum absolute atomic E-state index is 10.2. The van der Waals surface area contributed by atoms with Crippen molar-refractivity contribution >= 4 is 27.6 Å². The van der Waals surface area contributed by atoms with Crippen LogP contribution >= 0.6 is 0 Å². The lowest BCUT2D eigenvalue weighted by Crippen LogP contribution is -2.02. The topological polar surface area (TPSA) is 79.9 Å². The number of anilines is 1. The van der Waals surface area contributed by atoms with E-state index < -0.39 is 0 Å². The Morgan fingerprint density at radius 3 is 3.00 bits per heavy atom. The summed E-state index contributed by atoms with van der Waals surface area (Å²) in [5.41, 5.74) is 9.43. The van der Waals surface area contributed by atoms with Gasteiger partial charge >= 0.3 is 0 Å². The van der Waals surface area contributed by atoms with E-state index in [2.05, 4.69) is 18.6 Å². The average Bonchev–Trinajstić information content (AvgIpc) is 3.03. The van der Waals surface area contributed by atoms with Crippen LogP contribution in [0.4, 0.5) is 5.69 Å². The number of aromatic amines is 1. The molecule has 0 atom stereocenters. The third-order valence-corrected chi connectivity index (χ3v) is 4.10. The second-order valence-electron chi connectivity index (χ2n) is 5.67. The van der Waals surface area contributed by atoms with Crippen LogP contribution in [0, 0.1) is 0 Å². The number of aryl methyl sites for hydroxylation is 1. The number of unbranched alkanes of at least 4 members (excludes halogenated alkanes) is 2. The van der Waals surface area contributed by atoms with Gasteiger partial charge in [-0.15, -0.1) is 6.58 Å². The lowest BCUT2D eigenvalue weighted by molar-refractivity contribution is 0.482. The number of nitrogen functional groups attached to an aromatic ring is 1. The molecule has 0 amide bonds. The zero-order chi connectivity index (χ0) is 15.7. The van der Waals surface area contributed by atoms with E-state index in [4.69, 9.17) is 10.7 Å². The number of allylic oxidation sites excluding steroid dienone is 1. The molecule has 0 saturated heterocycles. The van der Waals surface area contributed by atoms with Gasteiger partial charge in [0.25, 0.3) is 0 Å². The quantitative estimate of drug-likeness (QED) is 0.479. The molecule has 0 spiro atoms. The van der Waals surface area contributed by atoms with Crippen LogP contribution in [0.3, 0.4) is 0 Å². The van der Waals surface area contributed by atoms with Crippen molar-refractivity contribution in [1.29, 1.82) is 0 Å². The SMILES string of the molecule is C=CCc1cc(O)c2c(N)c3c[nH]n(CCCCC)c3nc12. The summed E-state index contributed by atoms with van der Waals surface area (Å²) in [6.07, 6.45) is 7.80. The zero-order valence-electron chi connectivity index (χ0n) is 12.9. The molecule has 2 heterocycles. The number of nitrogens with two attached hydrogens (primary N) is 1. The van der Waals surface area contributed by atoms with Gasteiger partial charge in [0.1, 0.15) is 5.75 Å². The summed E-state index contributed by atoms with van der Waals surface area (Å²) in [5, 5.41) is 14.9. The van der Waals surface area contributed by atoms with E-state index in [1.54, 1.807) is 6.07 Å². The molecule has 1 aromatic carbocycles. The first-order valence-electron chi connectivity index (χ1n) is 7.75. The van der Waals surface area contributed by atoms with Gasteiger partial charge in [-0.25, -0.2) is 4.98 Å². The highest BCUT2D eigenvalue weighted by molar-refractivity contribution is 6.10. The number of H-pyrrole nitrogens is 1. The second kappa shape index (κ2) is 5.75. The highest BCUT2D eigenvalue weighted by Gasteiger charge is 2.17. The minimum atomic E-state index is 0.192. The molecule has 0 aliphatic carbocycles. The maximum Gasteiger partial charge on any atom is 0.158 e. The van der Waals surface area contributed by atoms with Crippen molar-refractivity contribution in [2.45, 2.75) is 39.2 Å². The van der Waals surface area contributed by atoms with Crippen molar-refractivity contribution in [2.75, 3.05) is 5.73 Å². The Labute approximate surface area is 129 Å². The first-order chi connectivity index (χ1) is 10.7. The number of aromatic hydroxyl groups is 1. The van der Waals surface area contributed by atoms with Crippen molar-refractivity contribution in [2.24, 2.45) is 0 Å². The Morgan fingerprint density at radius 1 is 1.45 bits per heavy atom. The van der Waals surface area contributed by atoms with Gasteiger partial charge in [0.15, 0.2) is 5.65 Å². The Bertz CT molecular complexity index is 828. The lowest BCUT2D eigenvalue weighted by Gasteiger charge is -2.06. The Kier molecular flexibility index (Phi) is 3.79. The Morgan fingerprint density at radius 2 is 2.27 bits per heavy atom. The first kappa shape index (κ1) is 14.5. The number of pyridine rings is 1. The van der Waals surface area contributed by atoms with E-state index >= 15 is 0 Å². The van der Waals surface area contributed by atoms with Gasteiger partial charge in [-0.2, -0.15) is 0 Å². The fourth-order valence-electron chi connectivity index (χ4n) is 2.96. The molecule has 22 heavy (non-hydrogen) atoms. The predicted octanol–water partition coefficient (Wildman–Crippen LogP) is 3.72. The van der Waals surface area contributed by atoms with Gasteiger partial charge in [-0.3, -0.25) is 4.68 Å². The van der Waals surface area contributed by atoms with Crippen LogP contribution in [0.1, 0.15) is 31.7 Å². The highest BCUT2D eigenvalue weighted by atomic mass is 16.3. The Balaban J connectivity index is 2.17. The molecule has 0 radical (unpaired) electrons. The summed E-state index contributed by atoms with van der Waals surface area (Å²) in [7, 11) is 0. The molecular formula is C17H22N4O. The summed E-state index contributed by atoms with van der Waals surface area (Å²) in [5.74, 6) is 0.192. The van der Waals surface area contributed by atoms with Crippen molar-refractivity contribution in [3.8, 4) is 5.75 Å². The van der Waals surface area contributed by atoms with Crippen molar-refractivity contribution < 1.29 is 5.11 Å². The number of fused-ring (bicyclic) bond motifs is 2. The van der Waals surface area contributed by atoms with Crippen LogP contribution in [-0.2, 0) is 13.0 Å². The molecule has 2 aromatic heterocycles. The van der Waals surface area contributed by atoms with E-state index in [9.17, 15) is 5.11 Å². The molecule has 3 rings (SSSR count). The van der Waals surface area contributed by atoms with Gasteiger partial charge in [-0.1, -0.05) is 25.8 Å². The van der Waals surface area contributed by atoms with Crippen LogP contribution < -0.4 is 5.73 Å². The van der Waals surface area contributed by atoms with Crippen molar-refractivity contribution in [3.63, 3.8) is 0 Å². The third-order valence-electron chi connectivity index (χ3n) is 4.10. The minimum Gasteiger partial charge on any atom is -0.507 e. The molecule has 5 heteroatoms. The highest BCUT2D eigenvalue weighted by Crippen LogP contribution is 2.38. The van der Waals surface area contributed by atoms with Gasteiger partial charge in [0.05, 0.1) is 22.0 Å². The standard InChI is InChI=1S/C17H22N4O/c1-3-5-6-8-21-17-12(10-19-21)15(18)14-13(22)9-11(7-4-2)16(14)20-17/h4,9-10,19,22H,2-3,5-8,18H2,1H3. The number of nitrogens with one attached hydrogen (secondary N) is 1. The summed E-state index contributed by atoms with van der Waals surface area (Å²) < 4.78 is 2.03. The number of hydrogen-bond donors (Lipinski definition) is 3. The summed E-state index contributed by atoms with van der Waals surface area (Å²) in [6, 6.07) is 1.74. The summed E-state index contributed by atoms with van der Waals surface area (Å²) in [4.78, 5) is 4.76. The molecule has 0 aliphatic heterocycles. The van der Waals surface area contributed by atoms with Crippen LogP contribution in [0.5, 0.6) is 5.75 Å². The molecule has 4 N–H and O–H groups in total. The van der Waals surface area contributed by atoms with Crippen LogP contribution in [0.25, 0.3) is 21.9 Å². The monoisotopic (exact) mass is 298 g/mol. The zero-order valence-corrected chi connectivity index (χ0v) is 12.9. The minimum absolute atomic E-state index is 0.192. The lowest BCUT2D eigenvalue weighted by atomic mass is 10.1. The first-order valence-corrected chi connectivity index (χ1v) is 7.75. The van der Waals surface area contributed by atoms with Crippen LogP contribution in [0.15, 0.2) is 24.9 Å². The fourth-order valence-corrected chi connectivity index (χ4v) is 2.96. The Hall–Kier alpha value is -2.43. The molecule has 0 bridgehead atoms. The van der Waals surface area contributed by atoms with Crippen molar-refractivity contribution in [1.82, 2.24) is 14.8 Å². The molecule has 5 nitrogen and oxygen atoms in total. The molecule has 0 aliphatic rings. The fraction of sp³-hybridized carbons (Fsp3) is 0.353. The van der Waals surface area contributed by atoms with Crippen LogP contribution in [0.2, 0.25) is 0 Å². The molecule has 116 valence electrons. The average molecular weight is 298 g/mol. The molecule has 0 unspecified atom stereocenters. The molecule has 0 saturated carbocycles. The van der Waals surface area contributed by atoms with Gasteiger partial charge in [0.2, 0.25) is 0 Å². The van der Waals surface area contributed by atoms with Crippen LogP contribution in [-0.4, -0.2) is 19.9 Å². The van der Waals surface area contributed by atoms with E-state index in [-0.39, 0.29) is 5.75 Å². The smallest absolute Gasteiger partial charge is 0.158 e. The van der Waals surface area contributed by atoms with E-state index in [0.29, 0.717) is 17.5 Å². The summed E-state index contributed by atoms with van der Waals surface area (Å²) >= 11 is 0. The molecule has 0 fully saturated rings. The normalized spacial score (nSPS) is 11.5. The van der Waals surface area contributed by atoms with Crippen molar-refractivity contribution in [3.05, 3.63) is 30.5 Å². The molecule has 3 aromatic rings. The maximum atomic E-state index is 10.2. The molecular weight excluding hydrogens is 276 g/mol. The predicted molar refractivity (Wildman–Crippen MR) is 91.1 cm³/mol. The van der Waals surface area contributed by atoms with Gasteiger partial charge in [-0.05, 0) is 24.5 Å². The second-order valence-corrected chi connectivity index (χ2v) is 5.67. The van der Waals surface area contributed by atoms with Gasteiger partial charge < -0.3 is 15.9 Å². The number of aromatic nitrogens is 3. The number of nitrogens with zero attached hydrogens (tertiary/aromatic N) is 2. The van der Waals surface area contributed by atoms with Gasteiger partial charge in [0, 0.05) is 12.7 Å². The summed E-state index contributed by atoms with van der Waals surface area (Å²) in [6.45, 7) is 6.84. The van der Waals surface area contributed by atoms with E-state index in [1.165, 1.54) is 12.8 Å². The largest absolute Gasteiger partial charge is 0.507 e. The van der Waals surface area contributed by atoms with E-state index in [1.807, 2.05) is 17.0 Å². The third kappa shape index (κ3) is 2.22. The number of rotatable bonds is 6. The number of hydrogen-bond acceptors (Lipinski definition) is 3.